The lowest BCUT2D eigenvalue weighted by molar-refractivity contribution is -0.139. The molecule has 0 aromatic carbocycles. The van der Waals surface area contributed by atoms with Crippen molar-refractivity contribution in [3.8, 4) is 0 Å². The van der Waals surface area contributed by atoms with Gasteiger partial charge in [-0.15, -0.1) is 0 Å². The molecule has 0 unspecified atom stereocenters. The first-order valence-corrected chi connectivity index (χ1v) is 7.52. The summed E-state index contributed by atoms with van der Waals surface area (Å²) >= 11 is 0. The summed E-state index contributed by atoms with van der Waals surface area (Å²) in [6.45, 7) is 2.61. The van der Waals surface area contributed by atoms with Crippen molar-refractivity contribution in [2.45, 2.75) is 57.9 Å². The Balaban J connectivity index is 1.54. The zero-order chi connectivity index (χ0) is 12.8. The Hall–Kier alpha value is -0.570. The van der Waals surface area contributed by atoms with E-state index >= 15 is 0 Å². The van der Waals surface area contributed by atoms with Crippen molar-refractivity contribution in [3.63, 3.8) is 0 Å². The van der Waals surface area contributed by atoms with Gasteiger partial charge in [0.15, 0.2) is 0 Å². The Labute approximate surface area is 109 Å². The van der Waals surface area contributed by atoms with Gasteiger partial charge in [-0.3, -0.25) is 4.79 Å². The molecule has 4 bridgehead atoms. The first-order valence-electron chi connectivity index (χ1n) is 7.52. The lowest BCUT2D eigenvalue weighted by Gasteiger charge is -2.57. The summed E-state index contributed by atoms with van der Waals surface area (Å²) < 4.78 is 0. The standard InChI is InChI=1S/C15H25NO2/c1-10(14(17)18)16-3-2-15-7-11-4-12(8-15)6-13(5-11)9-15/h10-13,16H,2-9H2,1H3,(H,17,18)/t10-,11?,12?,13?,15?/m0/s1. The Morgan fingerprint density at radius 2 is 1.72 bits per heavy atom. The van der Waals surface area contributed by atoms with E-state index in [2.05, 4.69) is 5.32 Å². The number of aliphatic carboxylic acids is 1. The molecule has 0 amide bonds. The lowest BCUT2D eigenvalue weighted by atomic mass is 9.49. The van der Waals surface area contributed by atoms with Crippen LogP contribution in [0.2, 0.25) is 0 Å². The molecular weight excluding hydrogens is 226 g/mol. The van der Waals surface area contributed by atoms with Gasteiger partial charge < -0.3 is 10.4 Å². The number of nitrogens with one attached hydrogen (secondary N) is 1. The van der Waals surface area contributed by atoms with Crippen LogP contribution in [0.4, 0.5) is 0 Å². The molecule has 0 aliphatic heterocycles. The average Bonchev–Trinajstić information content (AvgIpc) is 2.26. The van der Waals surface area contributed by atoms with E-state index in [1.165, 1.54) is 44.9 Å². The zero-order valence-corrected chi connectivity index (χ0v) is 11.3. The van der Waals surface area contributed by atoms with Gasteiger partial charge in [0.25, 0.3) is 0 Å². The third-order valence-corrected chi connectivity index (χ3v) is 5.64. The maximum atomic E-state index is 10.8. The first-order chi connectivity index (χ1) is 8.56. The van der Waals surface area contributed by atoms with E-state index < -0.39 is 12.0 Å². The fraction of sp³-hybridized carbons (Fsp3) is 0.933. The fourth-order valence-corrected chi connectivity index (χ4v) is 5.24. The van der Waals surface area contributed by atoms with Crippen molar-refractivity contribution < 1.29 is 9.90 Å². The maximum absolute atomic E-state index is 10.8. The van der Waals surface area contributed by atoms with E-state index in [0.29, 0.717) is 5.41 Å². The second-order valence-corrected chi connectivity index (χ2v) is 7.18. The molecule has 4 saturated carbocycles. The topological polar surface area (TPSA) is 49.3 Å². The highest BCUT2D eigenvalue weighted by Crippen LogP contribution is 2.61. The predicted molar refractivity (Wildman–Crippen MR) is 70.3 cm³/mol. The normalized spacial score (nSPS) is 43.1. The summed E-state index contributed by atoms with van der Waals surface area (Å²) in [5.41, 5.74) is 0.569. The van der Waals surface area contributed by atoms with Crippen LogP contribution < -0.4 is 5.32 Å². The molecule has 4 aliphatic rings. The number of rotatable bonds is 5. The van der Waals surface area contributed by atoms with Crippen LogP contribution in [0.25, 0.3) is 0 Å². The second kappa shape index (κ2) is 4.52. The summed E-state index contributed by atoms with van der Waals surface area (Å²) in [7, 11) is 0. The number of carboxylic acids is 1. The van der Waals surface area contributed by atoms with Gasteiger partial charge in [-0.05, 0) is 81.6 Å². The molecule has 3 nitrogen and oxygen atoms in total. The maximum Gasteiger partial charge on any atom is 0.320 e. The third-order valence-electron chi connectivity index (χ3n) is 5.64. The van der Waals surface area contributed by atoms with E-state index in [-0.39, 0.29) is 0 Å². The third kappa shape index (κ3) is 2.29. The number of carbonyl (C=O) groups is 1. The van der Waals surface area contributed by atoms with E-state index in [1.54, 1.807) is 6.92 Å². The van der Waals surface area contributed by atoms with Gasteiger partial charge in [-0.25, -0.2) is 0 Å². The molecule has 102 valence electrons. The Bertz CT molecular complexity index is 304. The van der Waals surface area contributed by atoms with Gasteiger partial charge in [0.05, 0.1) is 0 Å². The molecule has 0 heterocycles. The van der Waals surface area contributed by atoms with Crippen molar-refractivity contribution >= 4 is 5.97 Å². The quantitative estimate of drug-likeness (QED) is 0.789. The molecule has 2 N–H and O–H groups in total. The minimum Gasteiger partial charge on any atom is -0.480 e. The van der Waals surface area contributed by atoms with E-state index in [4.69, 9.17) is 5.11 Å². The summed E-state index contributed by atoms with van der Waals surface area (Å²) in [4.78, 5) is 10.8. The molecule has 0 spiro atoms. The highest BCUT2D eigenvalue weighted by atomic mass is 16.4. The highest BCUT2D eigenvalue weighted by Gasteiger charge is 2.50. The summed E-state index contributed by atoms with van der Waals surface area (Å²) in [5.74, 6) is 2.25. The SMILES string of the molecule is C[C@H](NCCC12CC3CC(CC(C3)C1)C2)C(=O)O. The van der Waals surface area contributed by atoms with Crippen LogP contribution in [0.5, 0.6) is 0 Å². The van der Waals surface area contributed by atoms with Gasteiger partial charge in [0.2, 0.25) is 0 Å². The van der Waals surface area contributed by atoms with Crippen LogP contribution in [0.1, 0.15) is 51.9 Å². The fourth-order valence-electron chi connectivity index (χ4n) is 5.24. The monoisotopic (exact) mass is 251 g/mol. The summed E-state index contributed by atoms with van der Waals surface area (Å²) in [6, 6.07) is -0.404. The predicted octanol–water partition coefficient (Wildman–Crippen LogP) is 2.66. The summed E-state index contributed by atoms with van der Waals surface area (Å²) in [6.07, 6.45) is 9.90. The Morgan fingerprint density at radius 3 is 2.17 bits per heavy atom. The van der Waals surface area contributed by atoms with Crippen LogP contribution in [0.15, 0.2) is 0 Å². The zero-order valence-electron chi connectivity index (χ0n) is 11.3. The number of carboxylic acid groups (broad SMARTS) is 1. The largest absolute Gasteiger partial charge is 0.480 e. The van der Waals surface area contributed by atoms with Crippen molar-refractivity contribution in [3.05, 3.63) is 0 Å². The molecule has 1 atom stereocenters. The minimum absolute atomic E-state index is 0.404. The van der Waals surface area contributed by atoms with Crippen molar-refractivity contribution in [1.29, 1.82) is 0 Å². The average molecular weight is 251 g/mol. The second-order valence-electron chi connectivity index (χ2n) is 7.18. The van der Waals surface area contributed by atoms with Gasteiger partial charge in [0, 0.05) is 0 Å². The highest BCUT2D eigenvalue weighted by molar-refractivity contribution is 5.72. The van der Waals surface area contributed by atoms with Crippen LogP contribution in [0, 0.1) is 23.2 Å². The first kappa shape index (κ1) is 12.5. The molecule has 4 rings (SSSR count). The Morgan fingerprint density at radius 1 is 1.22 bits per heavy atom. The molecule has 18 heavy (non-hydrogen) atoms. The van der Waals surface area contributed by atoms with Gasteiger partial charge >= 0.3 is 5.97 Å². The molecule has 0 aromatic rings. The van der Waals surface area contributed by atoms with Crippen molar-refractivity contribution in [1.82, 2.24) is 5.32 Å². The van der Waals surface area contributed by atoms with Crippen molar-refractivity contribution in [2.75, 3.05) is 6.54 Å². The van der Waals surface area contributed by atoms with Gasteiger partial charge in [-0.1, -0.05) is 0 Å². The number of hydrogen-bond acceptors (Lipinski definition) is 2. The van der Waals surface area contributed by atoms with Crippen molar-refractivity contribution in [2.24, 2.45) is 23.2 Å². The van der Waals surface area contributed by atoms with Crippen LogP contribution in [0.3, 0.4) is 0 Å². The van der Waals surface area contributed by atoms with Crippen LogP contribution in [-0.4, -0.2) is 23.7 Å². The van der Waals surface area contributed by atoms with Gasteiger partial charge in [-0.2, -0.15) is 0 Å². The van der Waals surface area contributed by atoms with E-state index in [9.17, 15) is 4.79 Å². The van der Waals surface area contributed by atoms with E-state index in [0.717, 1.165) is 24.3 Å². The lowest BCUT2D eigenvalue weighted by Crippen LogP contribution is -2.47. The molecular formula is C15H25NO2. The Kier molecular flexibility index (Phi) is 3.13. The van der Waals surface area contributed by atoms with Crippen LogP contribution in [-0.2, 0) is 4.79 Å². The number of hydrogen-bond donors (Lipinski definition) is 2. The van der Waals surface area contributed by atoms with Gasteiger partial charge in [0.1, 0.15) is 6.04 Å². The smallest absolute Gasteiger partial charge is 0.320 e. The van der Waals surface area contributed by atoms with E-state index in [1.807, 2.05) is 0 Å². The summed E-state index contributed by atoms with van der Waals surface area (Å²) in [5, 5.41) is 12.0. The molecule has 3 heteroatoms. The molecule has 0 aromatic heterocycles. The molecule has 4 fully saturated rings. The molecule has 4 aliphatic carbocycles. The molecule has 0 radical (unpaired) electrons. The van der Waals surface area contributed by atoms with Crippen LogP contribution >= 0.6 is 0 Å². The molecule has 0 saturated heterocycles. The minimum atomic E-state index is -0.736.